The molecule has 0 unspecified atom stereocenters. The van der Waals surface area contributed by atoms with Crippen molar-refractivity contribution in [3.63, 3.8) is 0 Å². The second kappa shape index (κ2) is 8.84. The molecule has 1 aliphatic rings. The molecule has 0 saturated carbocycles. The van der Waals surface area contributed by atoms with Crippen LogP contribution in [0.15, 0.2) is 24.5 Å². The van der Waals surface area contributed by atoms with Crippen molar-refractivity contribution in [3.8, 4) is 28.4 Å². The minimum atomic E-state index is -4.83. The molecule has 0 spiro atoms. The van der Waals surface area contributed by atoms with Gasteiger partial charge in [-0.25, -0.2) is 15.0 Å². The van der Waals surface area contributed by atoms with Crippen LogP contribution in [0.3, 0.4) is 0 Å². The number of carbonyl (C=O) groups excluding carboxylic acids is 1. The summed E-state index contributed by atoms with van der Waals surface area (Å²) >= 11 is 0.580. The molecule has 3 aromatic heterocycles. The molecule has 1 fully saturated rings. The lowest BCUT2D eigenvalue weighted by molar-refractivity contribution is -0.140. The first kappa shape index (κ1) is 23.3. The van der Waals surface area contributed by atoms with Crippen LogP contribution in [-0.4, -0.2) is 53.3 Å². The first-order chi connectivity index (χ1) is 16.2. The van der Waals surface area contributed by atoms with Crippen LogP contribution in [0.5, 0.6) is 11.8 Å². The predicted molar refractivity (Wildman–Crippen MR) is 112 cm³/mol. The second-order valence-electron chi connectivity index (χ2n) is 7.01. The average molecular weight is 492 g/mol. The molecule has 4 rings (SSSR count). The average Bonchev–Trinajstić information content (AvgIpc) is 3.22. The molecular weight excluding hydrogens is 477 g/mol. The molecule has 10 nitrogen and oxygen atoms in total. The summed E-state index contributed by atoms with van der Waals surface area (Å²) in [6.07, 6.45) is -3.72. The highest BCUT2D eigenvalue weighted by Gasteiger charge is 2.43. The Morgan fingerprint density at radius 1 is 1.21 bits per heavy atom. The Kier molecular flexibility index (Phi) is 6.07. The molecule has 3 aromatic rings. The summed E-state index contributed by atoms with van der Waals surface area (Å²) in [5.41, 5.74) is -2.20. The third-order valence-electron chi connectivity index (χ3n) is 4.89. The summed E-state index contributed by atoms with van der Waals surface area (Å²) < 4.78 is 56.6. The van der Waals surface area contributed by atoms with Gasteiger partial charge in [0.1, 0.15) is 11.7 Å². The van der Waals surface area contributed by atoms with Gasteiger partial charge in [-0.1, -0.05) is 17.4 Å². The van der Waals surface area contributed by atoms with E-state index in [0.717, 1.165) is 6.33 Å². The predicted octanol–water partition coefficient (Wildman–Crippen LogP) is 3.07. The zero-order valence-electron chi connectivity index (χ0n) is 17.6. The summed E-state index contributed by atoms with van der Waals surface area (Å²) in [5.74, 6) is -1.13. The Morgan fingerprint density at radius 3 is 2.41 bits per heavy atom. The monoisotopic (exact) mass is 492 g/mol. The van der Waals surface area contributed by atoms with Gasteiger partial charge in [0.25, 0.3) is 5.91 Å². The highest BCUT2D eigenvalue weighted by molar-refractivity contribution is 7.19. The van der Waals surface area contributed by atoms with E-state index in [1.54, 1.807) is 6.07 Å². The minimum absolute atomic E-state index is 0.0393. The SMILES string of the molecule is COc1ncnc(OC)c1C(=O)Nc1nc(C(F)(F)F)c(-c2cccc(C3(C#N)COC3)n2)s1. The van der Waals surface area contributed by atoms with Gasteiger partial charge >= 0.3 is 6.18 Å². The number of nitrogens with zero attached hydrogens (tertiary/aromatic N) is 5. The zero-order valence-corrected chi connectivity index (χ0v) is 18.5. The Balaban J connectivity index is 1.73. The summed E-state index contributed by atoms with van der Waals surface area (Å²) in [7, 11) is 2.53. The van der Waals surface area contributed by atoms with Gasteiger partial charge in [0, 0.05) is 0 Å². The zero-order chi connectivity index (χ0) is 24.5. The van der Waals surface area contributed by atoms with Gasteiger partial charge in [-0.05, 0) is 12.1 Å². The number of rotatable bonds is 6. The summed E-state index contributed by atoms with van der Waals surface area (Å²) in [6, 6.07) is 6.55. The minimum Gasteiger partial charge on any atom is -0.480 e. The summed E-state index contributed by atoms with van der Waals surface area (Å²) in [5, 5.41) is 11.5. The van der Waals surface area contributed by atoms with Gasteiger partial charge in [0.15, 0.2) is 16.4 Å². The van der Waals surface area contributed by atoms with Gasteiger partial charge < -0.3 is 14.2 Å². The maximum Gasteiger partial charge on any atom is 0.434 e. The van der Waals surface area contributed by atoms with E-state index in [4.69, 9.17) is 14.2 Å². The van der Waals surface area contributed by atoms with Crippen molar-refractivity contribution in [2.45, 2.75) is 11.6 Å². The van der Waals surface area contributed by atoms with Crippen LogP contribution in [0, 0.1) is 11.3 Å². The Morgan fingerprint density at radius 2 is 1.88 bits per heavy atom. The fraction of sp³-hybridized carbons (Fsp3) is 0.300. The Hall–Kier alpha value is -3.83. The van der Waals surface area contributed by atoms with Crippen molar-refractivity contribution in [2.24, 2.45) is 0 Å². The standard InChI is InChI=1S/C20H15F3N6O4S/c1-31-16-12(17(32-2)26-9-25-16)15(30)29-18-28-14(20(21,22)23)13(34-18)10-4-3-5-11(27-10)19(6-24)7-33-8-19/h3-5,9H,7-8H2,1-2H3,(H,28,29,30). The number of pyridine rings is 1. The number of hydrogen-bond acceptors (Lipinski definition) is 10. The van der Waals surface area contributed by atoms with Crippen molar-refractivity contribution in [1.82, 2.24) is 19.9 Å². The molecule has 14 heteroatoms. The molecule has 176 valence electrons. The number of aromatic nitrogens is 4. The number of hydrogen-bond donors (Lipinski definition) is 1. The topological polar surface area (TPSA) is 132 Å². The van der Waals surface area contributed by atoms with Crippen LogP contribution >= 0.6 is 11.3 Å². The third-order valence-corrected chi connectivity index (χ3v) is 5.88. The first-order valence-corrected chi connectivity index (χ1v) is 10.3. The second-order valence-corrected chi connectivity index (χ2v) is 8.01. The van der Waals surface area contributed by atoms with Crippen LogP contribution in [0.4, 0.5) is 18.3 Å². The molecule has 0 aliphatic carbocycles. The van der Waals surface area contributed by atoms with E-state index in [1.165, 1.54) is 26.4 Å². The van der Waals surface area contributed by atoms with Crippen molar-refractivity contribution < 1.29 is 32.2 Å². The van der Waals surface area contributed by atoms with E-state index in [1.807, 2.05) is 0 Å². The fourth-order valence-electron chi connectivity index (χ4n) is 3.16. The molecule has 1 saturated heterocycles. The fourth-order valence-corrected chi connectivity index (χ4v) is 4.11. The van der Waals surface area contributed by atoms with Crippen LogP contribution in [0.1, 0.15) is 21.7 Å². The maximum absolute atomic E-state index is 13.8. The molecule has 0 bridgehead atoms. The number of methoxy groups -OCH3 is 2. The summed E-state index contributed by atoms with van der Waals surface area (Å²) in [6.45, 7) is 0.192. The lowest BCUT2D eigenvalue weighted by Gasteiger charge is -2.34. The van der Waals surface area contributed by atoms with E-state index >= 15 is 0 Å². The van der Waals surface area contributed by atoms with Crippen LogP contribution in [0.2, 0.25) is 0 Å². The molecule has 0 radical (unpaired) electrons. The Bertz CT molecular complexity index is 1260. The molecule has 0 atom stereocenters. The number of thiazole rings is 1. The lowest BCUT2D eigenvalue weighted by Crippen LogP contribution is -2.46. The largest absolute Gasteiger partial charge is 0.480 e. The van der Waals surface area contributed by atoms with Crippen LogP contribution in [0.25, 0.3) is 10.6 Å². The third kappa shape index (κ3) is 4.11. The number of halogens is 3. The summed E-state index contributed by atoms with van der Waals surface area (Å²) in [4.78, 5) is 28.0. The van der Waals surface area contributed by atoms with Gasteiger partial charge in [0.05, 0.1) is 49.8 Å². The number of amides is 1. The maximum atomic E-state index is 13.8. The number of nitrogens with one attached hydrogen (secondary N) is 1. The lowest BCUT2D eigenvalue weighted by atomic mass is 9.83. The number of anilines is 1. The quantitative estimate of drug-likeness (QED) is 0.551. The highest BCUT2D eigenvalue weighted by Crippen LogP contribution is 2.42. The van der Waals surface area contributed by atoms with Crippen molar-refractivity contribution >= 4 is 22.4 Å². The smallest absolute Gasteiger partial charge is 0.434 e. The normalized spacial score (nSPS) is 14.6. The first-order valence-electron chi connectivity index (χ1n) is 9.51. The van der Waals surface area contributed by atoms with Crippen LogP contribution < -0.4 is 14.8 Å². The van der Waals surface area contributed by atoms with E-state index in [9.17, 15) is 23.2 Å². The Labute approximate surface area is 194 Å². The molecule has 1 aliphatic heterocycles. The molecule has 34 heavy (non-hydrogen) atoms. The van der Waals surface area contributed by atoms with Crippen molar-refractivity contribution in [3.05, 3.63) is 41.5 Å². The molecule has 1 N–H and O–H groups in total. The van der Waals surface area contributed by atoms with E-state index in [-0.39, 0.29) is 46.2 Å². The van der Waals surface area contributed by atoms with E-state index in [2.05, 4.69) is 31.3 Å². The van der Waals surface area contributed by atoms with Gasteiger partial charge in [0.2, 0.25) is 11.8 Å². The molecular formula is C20H15F3N6O4S. The van der Waals surface area contributed by atoms with Gasteiger partial charge in [-0.15, -0.1) is 0 Å². The number of ether oxygens (including phenoxy) is 3. The molecule has 0 aromatic carbocycles. The van der Waals surface area contributed by atoms with Gasteiger partial charge in [-0.3, -0.25) is 15.1 Å². The number of alkyl halides is 3. The van der Waals surface area contributed by atoms with E-state index in [0.29, 0.717) is 17.0 Å². The number of carbonyl (C=O) groups is 1. The van der Waals surface area contributed by atoms with Crippen molar-refractivity contribution in [1.29, 1.82) is 5.26 Å². The van der Waals surface area contributed by atoms with Crippen LogP contribution in [-0.2, 0) is 16.3 Å². The van der Waals surface area contributed by atoms with E-state index < -0.39 is 23.2 Å². The van der Waals surface area contributed by atoms with Gasteiger partial charge in [-0.2, -0.15) is 18.4 Å². The molecule has 1 amide bonds. The van der Waals surface area contributed by atoms with Crippen molar-refractivity contribution in [2.75, 3.05) is 32.8 Å². The highest BCUT2D eigenvalue weighted by atomic mass is 32.1. The number of nitriles is 1. The molecule has 4 heterocycles.